The molecule has 0 N–H and O–H groups in total. The Morgan fingerprint density at radius 3 is 2.45 bits per heavy atom. The highest BCUT2D eigenvalue weighted by Crippen LogP contribution is 2.26. The van der Waals surface area contributed by atoms with E-state index in [9.17, 15) is 4.79 Å². The Hall–Kier alpha value is -2.17. The lowest BCUT2D eigenvalue weighted by atomic mass is 10.2. The van der Waals surface area contributed by atoms with Crippen molar-refractivity contribution in [2.75, 3.05) is 32.1 Å². The molecular weight excluding hydrogens is 280 g/mol. The molecule has 0 saturated heterocycles. The first-order valence-corrected chi connectivity index (χ1v) is 7.25. The Morgan fingerprint density at radius 1 is 1.27 bits per heavy atom. The Kier molecular flexibility index (Phi) is 6.28. The zero-order valence-electron chi connectivity index (χ0n) is 14.1. The standard InChI is InChI=1S/C17H26N2O3/c1-7-19(16(20)22-17(2,3)4)13-12-18(5)14-10-8-9-11-15(14)21-6/h7-11H,1,12-13H2,2-6H3. The molecule has 0 unspecified atom stereocenters. The van der Waals surface area contributed by atoms with Crippen LogP contribution in [0.3, 0.4) is 0 Å². The molecule has 1 rings (SSSR count). The van der Waals surface area contributed by atoms with Crippen LogP contribution < -0.4 is 9.64 Å². The molecule has 1 amide bonds. The summed E-state index contributed by atoms with van der Waals surface area (Å²) in [4.78, 5) is 15.5. The van der Waals surface area contributed by atoms with Crippen molar-refractivity contribution in [1.29, 1.82) is 0 Å². The molecule has 0 aliphatic rings. The largest absolute Gasteiger partial charge is 0.495 e. The van der Waals surface area contributed by atoms with Crippen LogP contribution in [0.2, 0.25) is 0 Å². The molecule has 0 aliphatic carbocycles. The van der Waals surface area contributed by atoms with Crippen LogP contribution in [0.4, 0.5) is 10.5 Å². The third-order valence-corrected chi connectivity index (χ3v) is 3.02. The monoisotopic (exact) mass is 306 g/mol. The van der Waals surface area contributed by atoms with Gasteiger partial charge in [-0.2, -0.15) is 0 Å². The average Bonchev–Trinajstić information content (AvgIpc) is 2.45. The Balaban J connectivity index is 2.66. The predicted octanol–water partition coefficient (Wildman–Crippen LogP) is 3.51. The number of para-hydroxylation sites is 2. The van der Waals surface area contributed by atoms with Crippen molar-refractivity contribution in [1.82, 2.24) is 4.90 Å². The number of carbonyl (C=O) groups is 1. The predicted molar refractivity (Wildman–Crippen MR) is 89.4 cm³/mol. The molecule has 0 spiro atoms. The first kappa shape index (κ1) is 17.9. The van der Waals surface area contributed by atoms with E-state index in [1.165, 1.54) is 11.1 Å². The van der Waals surface area contributed by atoms with Gasteiger partial charge in [0.15, 0.2) is 0 Å². The number of likely N-dealkylation sites (N-methyl/N-ethyl adjacent to an activating group) is 1. The molecule has 0 saturated carbocycles. The second kappa shape index (κ2) is 7.73. The molecule has 0 aromatic heterocycles. The normalized spacial score (nSPS) is 10.8. The molecule has 1 aromatic rings. The summed E-state index contributed by atoms with van der Waals surface area (Å²) in [5.74, 6) is 0.799. The molecule has 5 nitrogen and oxygen atoms in total. The number of hydrogen-bond donors (Lipinski definition) is 0. The fourth-order valence-electron chi connectivity index (χ4n) is 1.90. The molecule has 0 bridgehead atoms. The van der Waals surface area contributed by atoms with E-state index in [0.717, 1.165) is 11.4 Å². The summed E-state index contributed by atoms with van der Waals surface area (Å²) < 4.78 is 10.7. The number of nitrogens with zero attached hydrogens (tertiary/aromatic N) is 2. The molecule has 1 aromatic carbocycles. The van der Waals surface area contributed by atoms with Gasteiger partial charge in [0.1, 0.15) is 11.4 Å². The summed E-state index contributed by atoms with van der Waals surface area (Å²) in [6, 6.07) is 7.76. The Bertz CT molecular complexity index is 509. The van der Waals surface area contributed by atoms with E-state index in [1.54, 1.807) is 7.11 Å². The number of anilines is 1. The van der Waals surface area contributed by atoms with E-state index < -0.39 is 11.7 Å². The first-order chi connectivity index (χ1) is 10.3. The second-order valence-corrected chi connectivity index (χ2v) is 5.95. The van der Waals surface area contributed by atoms with Crippen LogP contribution in [0, 0.1) is 0 Å². The lowest BCUT2D eigenvalue weighted by Gasteiger charge is -2.27. The van der Waals surface area contributed by atoms with Crippen molar-refractivity contribution in [3.63, 3.8) is 0 Å². The van der Waals surface area contributed by atoms with Gasteiger partial charge in [-0.25, -0.2) is 4.79 Å². The maximum absolute atomic E-state index is 12.1. The van der Waals surface area contributed by atoms with Gasteiger partial charge in [0, 0.05) is 26.3 Å². The minimum Gasteiger partial charge on any atom is -0.495 e. The molecule has 0 heterocycles. The van der Waals surface area contributed by atoms with Crippen molar-refractivity contribution in [3.05, 3.63) is 37.0 Å². The zero-order valence-corrected chi connectivity index (χ0v) is 14.1. The third kappa shape index (κ3) is 5.31. The van der Waals surface area contributed by atoms with Crippen LogP contribution >= 0.6 is 0 Å². The quantitative estimate of drug-likeness (QED) is 0.806. The van der Waals surface area contributed by atoms with E-state index in [4.69, 9.17) is 9.47 Å². The lowest BCUT2D eigenvalue weighted by Crippen LogP contribution is -2.37. The highest BCUT2D eigenvalue weighted by atomic mass is 16.6. The topological polar surface area (TPSA) is 42.0 Å². The van der Waals surface area contributed by atoms with Crippen LogP contribution in [0.15, 0.2) is 37.0 Å². The van der Waals surface area contributed by atoms with Crippen LogP contribution in [0.1, 0.15) is 20.8 Å². The maximum atomic E-state index is 12.1. The Labute approximate surface area is 133 Å². The van der Waals surface area contributed by atoms with Gasteiger partial charge >= 0.3 is 6.09 Å². The molecule has 0 fully saturated rings. The molecule has 0 aliphatic heterocycles. The van der Waals surface area contributed by atoms with Crippen molar-refractivity contribution >= 4 is 11.8 Å². The van der Waals surface area contributed by atoms with Gasteiger partial charge < -0.3 is 14.4 Å². The van der Waals surface area contributed by atoms with Crippen LogP contribution in [-0.4, -0.2) is 43.8 Å². The summed E-state index contributed by atoms with van der Waals surface area (Å²) in [5.41, 5.74) is 0.450. The molecule has 22 heavy (non-hydrogen) atoms. The first-order valence-electron chi connectivity index (χ1n) is 7.25. The van der Waals surface area contributed by atoms with E-state index in [-0.39, 0.29) is 0 Å². The molecule has 0 radical (unpaired) electrons. The fourth-order valence-corrected chi connectivity index (χ4v) is 1.90. The van der Waals surface area contributed by atoms with E-state index in [2.05, 4.69) is 6.58 Å². The van der Waals surface area contributed by atoms with E-state index >= 15 is 0 Å². The van der Waals surface area contributed by atoms with Crippen LogP contribution in [0.5, 0.6) is 5.75 Å². The van der Waals surface area contributed by atoms with Gasteiger partial charge in [0.05, 0.1) is 12.8 Å². The molecular formula is C17H26N2O3. The fraction of sp³-hybridized carbons (Fsp3) is 0.471. The van der Waals surface area contributed by atoms with Crippen LogP contribution in [-0.2, 0) is 4.74 Å². The van der Waals surface area contributed by atoms with Gasteiger partial charge in [0.2, 0.25) is 0 Å². The van der Waals surface area contributed by atoms with Crippen molar-refractivity contribution in [3.8, 4) is 5.75 Å². The summed E-state index contributed by atoms with van der Waals surface area (Å²) >= 11 is 0. The van der Waals surface area contributed by atoms with Gasteiger partial charge in [0.25, 0.3) is 0 Å². The van der Waals surface area contributed by atoms with E-state index in [1.807, 2.05) is 57.0 Å². The molecule has 122 valence electrons. The summed E-state index contributed by atoms with van der Waals surface area (Å²) in [6.07, 6.45) is 1.10. The van der Waals surface area contributed by atoms with Gasteiger partial charge in [-0.1, -0.05) is 18.7 Å². The maximum Gasteiger partial charge on any atom is 0.414 e. The van der Waals surface area contributed by atoms with Crippen LogP contribution in [0.25, 0.3) is 0 Å². The average molecular weight is 306 g/mol. The van der Waals surface area contributed by atoms with Gasteiger partial charge in [-0.3, -0.25) is 4.90 Å². The number of rotatable bonds is 6. The zero-order chi connectivity index (χ0) is 16.8. The Morgan fingerprint density at radius 2 is 1.91 bits per heavy atom. The number of ether oxygens (including phenoxy) is 2. The minimum absolute atomic E-state index is 0.393. The number of amides is 1. The van der Waals surface area contributed by atoms with E-state index in [0.29, 0.717) is 13.1 Å². The second-order valence-electron chi connectivity index (χ2n) is 5.95. The highest BCUT2D eigenvalue weighted by molar-refractivity contribution is 5.69. The number of benzene rings is 1. The molecule has 5 heteroatoms. The summed E-state index contributed by atoms with van der Waals surface area (Å²) in [5, 5.41) is 0. The van der Waals surface area contributed by atoms with Crippen molar-refractivity contribution in [2.24, 2.45) is 0 Å². The number of hydrogen-bond acceptors (Lipinski definition) is 4. The summed E-state index contributed by atoms with van der Waals surface area (Å²) in [6.45, 7) is 10.3. The minimum atomic E-state index is -0.521. The SMILES string of the molecule is C=CN(CCN(C)c1ccccc1OC)C(=O)OC(C)(C)C. The number of methoxy groups -OCH3 is 1. The van der Waals surface area contributed by atoms with Crippen molar-refractivity contribution in [2.45, 2.75) is 26.4 Å². The number of carbonyl (C=O) groups excluding carboxylic acids is 1. The lowest BCUT2D eigenvalue weighted by molar-refractivity contribution is 0.0340. The summed E-state index contributed by atoms with van der Waals surface area (Å²) in [7, 11) is 3.59. The third-order valence-electron chi connectivity index (χ3n) is 3.02. The van der Waals surface area contributed by atoms with Crippen molar-refractivity contribution < 1.29 is 14.3 Å². The van der Waals surface area contributed by atoms with Gasteiger partial charge in [-0.05, 0) is 32.9 Å². The molecule has 0 atom stereocenters. The highest BCUT2D eigenvalue weighted by Gasteiger charge is 2.20. The van der Waals surface area contributed by atoms with Gasteiger partial charge in [-0.15, -0.1) is 0 Å². The smallest absolute Gasteiger partial charge is 0.414 e.